The van der Waals surface area contributed by atoms with E-state index in [1.165, 1.54) is 12.1 Å². The summed E-state index contributed by atoms with van der Waals surface area (Å²) in [5.74, 6) is 0.914. The minimum absolute atomic E-state index is 0.0191. The molecule has 0 amide bonds. The third-order valence-corrected chi connectivity index (χ3v) is 4.30. The average Bonchev–Trinajstić information content (AvgIpc) is 2.30. The average molecular weight is 300 g/mol. The van der Waals surface area contributed by atoms with Crippen LogP contribution < -0.4 is 15.2 Å². The van der Waals surface area contributed by atoms with Crippen molar-refractivity contribution in [2.45, 2.75) is 45.1 Å². The van der Waals surface area contributed by atoms with Crippen LogP contribution in [-0.2, 0) is 10.0 Å². The Morgan fingerprint density at radius 2 is 1.95 bits per heavy atom. The van der Waals surface area contributed by atoms with Gasteiger partial charge in [0, 0.05) is 12.6 Å². The van der Waals surface area contributed by atoms with Gasteiger partial charge in [-0.1, -0.05) is 20.8 Å². The van der Waals surface area contributed by atoms with Crippen molar-refractivity contribution in [2.24, 2.45) is 5.92 Å². The van der Waals surface area contributed by atoms with E-state index in [9.17, 15) is 8.42 Å². The Balaban J connectivity index is 2.98. The quantitative estimate of drug-likeness (QED) is 0.758. The number of nitrogens with two attached hydrogens (primary N) is 1. The Morgan fingerprint density at radius 1 is 1.30 bits per heavy atom. The van der Waals surface area contributed by atoms with Gasteiger partial charge in [0.05, 0.1) is 16.7 Å². The van der Waals surface area contributed by atoms with Crippen molar-refractivity contribution in [1.29, 1.82) is 0 Å². The van der Waals surface area contributed by atoms with E-state index in [1.54, 1.807) is 13.0 Å². The molecule has 0 radical (unpaired) electrons. The molecule has 5 nitrogen and oxygen atoms in total. The molecule has 0 aliphatic carbocycles. The van der Waals surface area contributed by atoms with E-state index in [2.05, 4.69) is 18.6 Å². The van der Waals surface area contributed by atoms with Crippen molar-refractivity contribution in [3.8, 4) is 5.75 Å². The Labute approximate surface area is 121 Å². The van der Waals surface area contributed by atoms with Gasteiger partial charge in [-0.25, -0.2) is 13.1 Å². The fourth-order valence-electron chi connectivity index (χ4n) is 1.99. The van der Waals surface area contributed by atoms with Gasteiger partial charge >= 0.3 is 0 Å². The van der Waals surface area contributed by atoms with E-state index in [0.29, 0.717) is 23.9 Å². The van der Waals surface area contributed by atoms with Crippen molar-refractivity contribution in [3.63, 3.8) is 0 Å². The second-order valence-electron chi connectivity index (χ2n) is 5.26. The van der Waals surface area contributed by atoms with Crippen LogP contribution in [0.1, 0.15) is 34.1 Å². The van der Waals surface area contributed by atoms with Crippen molar-refractivity contribution in [2.75, 3.05) is 12.3 Å². The molecule has 1 unspecified atom stereocenters. The molecule has 0 fully saturated rings. The summed E-state index contributed by atoms with van der Waals surface area (Å²) in [7, 11) is -3.49. The van der Waals surface area contributed by atoms with Crippen LogP contribution in [0.5, 0.6) is 5.75 Å². The number of hydrogen-bond acceptors (Lipinski definition) is 4. The second kappa shape index (κ2) is 6.95. The first-order chi connectivity index (χ1) is 9.26. The van der Waals surface area contributed by atoms with Gasteiger partial charge in [0.15, 0.2) is 0 Å². The van der Waals surface area contributed by atoms with Crippen LogP contribution in [-0.4, -0.2) is 21.1 Å². The fraction of sp³-hybridized carbons (Fsp3) is 0.571. The maximum Gasteiger partial charge on any atom is 0.240 e. The van der Waals surface area contributed by atoms with Gasteiger partial charge in [0.2, 0.25) is 10.0 Å². The smallest absolute Gasteiger partial charge is 0.240 e. The highest BCUT2D eigenvalue weighted by Gasteiger charge is 2.16. The molecule has 0 saturated heterocycles. The third-order valence-electron chi connectivity index (χ3n) is 2.76. The van der Waals surface area contributed by atoms with E-state index in [4.69, 9.17) is 10.5 Å². The molecule has 0 bridgehead atoms. The first-order valence-corrected chi connectivity index (χ1v) is 8.30. The molecule has 1 rings (SSSR count). The Morgan fingerprint density at radius 3 is 2.50 bits per heavy atom. The molecule has 0 saturated carbocycles. The maximum absolute atomic E-state index is 12.0. The van der Waals surface area contributed by atoms with Gasteiger partial charge in [-0.05, 0) is 31.4 Å². The van der Waals surface area contributed by atoms with Gasteiger partial charge in [-0.3, -0.25) is 0 Å². The molecular formula is C14H24N2O3S. The van der Waals surface area contributed by atoms with E-state index in [-0.39, 0.29) is 11.0 Å². The first kappa shape index (κ1) is 16.8. The van der Waals surface area contributed by atoms with Gasteiger partial charge in [0.1, 0.15) is 5.75 Å². The standard InChI is InChI=1S/C14H24N2O3S/c1-5-16-20(17,18)12-6-7-13(15)14(9-12)19-11(4)8-10(2)3/h6-7,9-11,16H,5,8,15H2,1-4H3. The lowest BCUT2D eigenvalue weighted by Gasteiger charge is -2.18. The third kappa shape index (κ3) is 4.68. The number of anilines is 1. The highest BCUT2D eigenvalue weighted by Crippen LogP contribution is 2.27. The zero-order chi connectivity index (χ0) is 15.3. The predicted octanol–water partition coefficient (Wildman–Crippen LogP) is 2.38. The number of hydrogen-bond donors (Lipinski definition) is 2. The highest BCUT2D eigenvalue weighted by atomic mass is 32.2. The molecule has 0 aromatic heterocycles. The highest BCUT2D eigenvalue weighted by molar-refractivity contribution is 7.89. The lowest BCUT2D eigenvalue weighted by atomic mass is 10.1. The Hall–Kier alpha value is -1.27. The summed E-state index contributed by atoms with van der Waals surface area (Å²) in [5.41, 5.74) is 6.29. The molecule has 114 valence electrons. The van der Waals surface area contributed by atoms with E-state index < -0.39 is 10.0 Å². The molecule has 0 aliphatic heterocycles. The van der Waals surface area contributed by atoms with Gasteiger partial charge < -0.3 is 10.5 Å². The summed E-state index contributed by atoms with van der Waals surface area (Å²) >= 11 is 0. The molecule has 1 aromatic carbocycles. The zero-order valence-electron chi connectivity index (χ0n) is 12.5. The van der Waals surface area contributed by atoms with Crippen LogP contribution in [0.15, 0.2) is 23.1 Å². The predicted molar refractivity (Wildman–Crippen MR) is 81.3 cm³/mol. The summed E-state index contributed by atoms with van der Waals surface area (Å²) in [6, 6.07) is 4.51. The number of sulfonamides is 1. The number of benzene rings is 1. The van der Waals surface area contributed by atoms with Crippen LogP contribution >= 0.6 is 0 Å². The summed E-state index contributed by atoms with van der Waals surface area (Å²) in [5, 5.41) is 0. The number of ether oxygens (including phenoxy) is 1. The summed E-state index contributed by atoms with van der Waals surface area (Å²) in [6.07, 6.45) is 0.860. The SMILES string of the molecule is CCNS(=O)(=O)c1ccc(N)c(OC(C)CC(C)C)c1. The van der Waals surface area contributed by atoms with E-state index in [1.807, 2.05) is 6.92 Å². The summed E-state index contributed by atoms with van der Waals surface area (Å²) in [4.78, 5) is 0.167. The van der Waals surface area contributed by atoms with Gasteiger partial charge in [-0.2, -0.15) is 0 Å². The number of nitrogens with one attached hydrogen (secondary N) is 1. The Kier molecular flexibility index (Phi) is 5.83. The van der Waals surface area contributed by atoms with Crippen LogP contribution in [0.3, 0.4) is 0 Å². The summed E-state index contributed by atoms with van der Waals surface area (Å²) < 4.78 is 32.1. The molecule has 0 heterocycles. The van der Waals surface area contributed by atoms with Crippen molar-refractivity contribution < 1.29 is 13.2 Å². The Bertz CT molecular complexity index is 541. The fourth-order valence-corrected chi connectivity index (χ4v) is 3.04. The number of nitrogen functional groups attached to an aromatic ring is 1. The van der Waals surface area contributed by atoms with Crippen LogP contribution in [0.2, 0.25) is 0 Å². The van der Waals surface area contributed by atoms with Crippen LogP contribution in [0.25, 0.3) is 0 Å². The topological polar surface area (TPSA) is 81.4 Å². The molecule has 0 aliphatic rings. The molecule has 0 spiro atoms. The van der Waals surface area contributed by atoms with Crippen molar-refractivity contribution in [3.05, 3.63) is 18.2 Å². The largest absolute Gasteiger partial charge is 0.489 e. The van der Waals surface area contributed by atoms with E-state index >= 15 is 0 Å². The minimum atomic E-state index is -3.49. The van der Waals surface area contributed by atoms with Crippen molar-refractivity contribution in [1.82, 2.24) is 4.72 Å². The summed E-state index contributed by atoms with van der Waals surface area (Å²) in [6.45, 7) is 8.24. The van der Waals surface area contributed by atoms with E-state index in [0.717, 1.165) is 6.42 Å². The molecular weight excluding hydrogens is 276 g/mol. The lowest BCUT2D eigenvalue weighted by molar-refractivity contribution is 0.194. The number of rotatable bonds is 7. The molecule has 20 heavy (non-hydrogen) atoms. The lowest BCUT2D eigenvalue weighted by Crippen LogP contribution is -2.23. The van der Waals surface area contributed by atoms with Crippen molar-refractivity contribution >= 4 is 15.7 Å². The second-order valence-corrected chi connectivity index (χ2v) is 7.03. The van der Waals surface area contributed by atoms with Crippen LogP contribution in [0.4, 0.5) is 5.69 Å². The maximum atomic E-state index is 12.0. The van der Waals surface area contributed by atoms with Gasteiger partial charge in [-0.15, -0.1) is 0 Å². The van der Waals surface area contributed by atoms with Gasteiger partial charge in [0.25, 0.3) is 0 Å². The first-order valence-electron chi connectivity index (χ1n) is 6.82. The minimum Gasteiger partial charge on any atom is -0.489 e. The zero-order valence-corrected chi connectivity index (χ0v) is 13.3. The molecule has 3 N–H and O–H groups in total. The monoisotopic (exact) mass is 300 g/mol. The molecule has 1 aromatic rings. The van der Waals surface area contributed by atoms with Crippen LogP contribution in [0, 0.1) is 5.92 Å². The molecule has 6 heteroatoms. The molecule has 1 atom stereocenters. The normalized spacial score (nSPS) is 13.4.